The van der Waals surface area contributed by atoms with Gasteiger partial charge in [0.25, 0.3) is 0 Å². The highest BCUT2D eigenvalue weighted by molar-refractivity contribution is 5.40. The van der Waals surface area contributed by atoms with E-state index in [-0.39, 0.29) is 0 Å². The average molecular weight is 279 g/mol. The zero-order valence-electron chi connectivity index (χ0n) is 12.7. The Hall–Kier alpha value is -1.59. The van der Waals surface area contributed by atoms with Crippen molar-refractivity contribution in [3.05, 3.63) is 0 Å². The van der Waals surface area contributed by atoms with E-state index in [1.807, 2.05) is 0 Å². The second-order valence-electron chi connectivity index (χ2n) is 5.03. The Morgan fingerprint density at radius 1 is 1.15 bits per heavy atom. The van der Waals surface area contributed by atoms with Crippen molar-refractivity contribution in [1.82, 2.24) is 15.0 Å². The third kappa shape index (κ3) is 3.95. The molecule has 0 amide bonds. The Kier molecular flexibility index (Phi) is 5.38. The molecule has 6 nitrogen and oxygen atoms in total. The molecule has 1 aliphatic rings. The van der Waals surface area contributed by atoms with Gasteiger partial charge in [0.1, 0.15) is 0 Å². The Balaban J connectivity index is 2.18. The molecule has 1 aliphatic carbocycles. The summed E-state index contributed by atoms with van der Waals surface area (Å²) in [4.78, 5) is 15.5. The van der Waals surface area contributed by atoms with Gasteiger partial charge in [-0.15, -0.1) is 0 Å². The molecule has 0 radical (unpaired) electrons. The first-order valence-corrected chi connectivity index (χ1v) is 7.67. The summed E-state index contributed by atoms with van der Waals surface area (Å²) in [5.74, 6) is 1.34. The van der Waals surface area contributed by atoms with E-state index in [0.717, 1.165) is 31.9 Å². The number of nitrogens with zero attached hydrogens (tertiary/aromatic N) is 4. The monoisotopic (exact) mass is 279 g/mol. The Labute approximate surface area is 121 Å². The lowest BCUT2D eigenvalue weighted by Gasteiger charge is -2.21. The topological polar surface area (TPSA) is 63.2 Å². The van der Waals surface area contributed by atoms with Crippen LogP contribution in [0.4, 0.5) is 11.9 Å². The molecule has 112 valence electrons. The molecule has 1 heterocycles. The van der Waals surface area contributed by atoms with Crippen molar-refractivity contribution >= 4 is 11.9 Å². The van der Waals surface area contributed by atoms with Crippen LogP contribution in [-0.2, 0) is 0 Å². The Morgan fingerprint density at radius 2 is 1.95 bits per heavy atom. The first kappa shape index (κ1) is 14.8. The van der Waals surface area contributed by atoms with Gasteiger partial charge in [0, 0.05) is 19.1 Å². The second kappa shape index (κ2) is 7.26. The van der Waals surface area contributed by atoms with E-state index in [9.17, 15) is 0 Å². The fraction of sp³-hybridized carbons (Fsp3) is 0.786. The van der Waals surface area contributed by atoms with E-state index in [4.69, 9.17) is 4.74 Å². The molecule has 6 heteroatoms. The standard InChI is InChI=1S/C14H25N5O/c1-4-9-15-12-16-13(19(6-3)11-7-8-11)18-14(17-12)20-10-5-2/h11H,4-10H2,1-3H3,(H,15,16,17,18). The van der Waals surface area contributed by atoms with E-state index in [1.54, 1.807) is 0 Å². The number of nitrogens with one attached hydrogen (secondary N) is 1. The predicted octanol–water partition coefficient (Wildman–Crippen LogP) is 2.47. The summed E-state index contributed by atoms with van der Waals surface area (Å²) < 4.78 is 5.58. The van der Waals surface area contributed by atoms with Crippen LogP contribution in [0.5, 0.6) is 6.01 Å². The fourth-order valence-electron chi connectivity index (χ4n) is 2.00. The molecule has 0 unspecified atom stereocenters. The molecule has 20 heavy (non-hydrogen) atoms. The number of hydrogen-bond donors (Lipinski definition) is 1. The number of anilines is 2. The van der Waals surface area contributed by atoms with Crippen LogP contribution >= 0.6 is 0 Å². The van der Waals surface area contributed by atoms with E-state index >= 15 is 0 Å². The lowest BCUT2D eigenvalue weighted by atomic mass is 10.5. The van der Waals surface area contributed by atoms with Crippen LogP contribution in [0.1, 0.15) is 46.5 Å². The summed E-state index contributed by atoms with van der Waals surface area (Å²) >= 11 is 0. The maximum atomic E-state index is 5.58. The minimum Gasteiger partial charge on any atom is -0.463 e. The van der Waals surface area contributed by atoms with Gasteiger partial charge in [0.2, 0.25) is 11.9 Å². The van der Waals surface area contributed by atoms with Crippen molar-refractivity contribution < 1.29 is 4.74 Å². The third-order valence-electron chi connectivity index (χ3n) is 3.16. The van der Waals surface area contributed by atoms with Crippen molar-refractivity contribution in [3.63, 3.8) is 0 Å². The zero-order chi connectivity index (χ0) is 14.4. The largest absolute Gasteiger partial charge is 0.463 e. The molecular weight excluding hydrogens is 254 g/mol. The SMILES string of the molecule is CCCNc1nc(OCCC)nc(N(CC)C2CC2)n1. The van der Waals surface area contributed by atoms with Crippen molar-refractivity contribution in [3.8, 4) is 6.01 Å². The quantitative estimate of drug-likeness (QED) is 0.749. The minimum atomic E-state index is 0.426. The molecule has 0 aromatic carbocycles. The van der Waals surface area contributed by atoms with E-state index in [1.165, 1.54) is 12.8 Å². The van der Waals surface area contributed by atoms with Gasteiger partial charge in [-0.25, -0.2) is 0 Å². The van der Waals surface area contributed by atoms with Gasteiger partial charge >= 0.3 is 6.01 Å². The van der Waals surface area contributed by atoms with E-state index in [2.05, 4.69) is 45.9 Å². The molecule has 1 fully saturated rings. The summed E-state index contributed by atoms with van der Waals surface area (Å²) in [6.07, 6.45) is 4.43. The van der Waals surface area contributed by atoms with Crippen molar-refractivity contribution in [1.29, 1.82) is 0 Å². The van der Waals surface area contributed by atoms with Crippen LogP contribution in [0.2, 0.25) is 0 Å². The maximum absolute atomic E-state index is 5.58. The highest BCUT2D eigenvalue weighted by Crippen LogP contribution is 2.30. The number of hydrogen-bond acceptors (Lipinski definition) is 6. The summed E-state index contributed by atoms with van der Waals surface area (Å²) in [5, 5.41) is 3.22. The van der Waals surface area contributed by atoms with Crippen molar-refractivity contribution in [2.45, 2.75) is 52.5 Å². The fourth-order valence-corrected chi connectivity index (χ4v) is 2.00. The molecule has 2 rings (SSSR count). The summed E-state index contributed by atoms with van der Waals surface area (Å²) in [6.45, 7) is 8.72. The first-order valence-electron chi connectivity index (χ1n) is 7.67. The van der Waals surface area contributed by atoms with Gasteiger partial charge in [-0.3, -0.25) is 0 Å². The Morgan fingerprint density at radius 3 is 2.55 bits per heavy atom. The van der Waals surface area contributed by atoms with Crippen LogP contribution < -0.4 is 15.0 Å². The molecule has 0 bridgehead atoms. The molecule has 1 N–H and O–H groups in total. The third-order valence-corrected chi connectivity index (χ3v) is 3.16. The summed E-state index contributed by atoms with van der Waals surface area (Å²) in [7, 11) is 0. The highest BCUT2D eigenvalue weighted by Gasteiger charge is 2.30. The van der Waals surface area contributed by atoms with Crippen LogP contribution in [0.25, 0.3) is 0 Å². The molecule has 0 atom stereocenters. The Bertz CT molecular complexity index is 396. The van der Waals surface area contributed by atoms with Crippen molar-refractivity contribution in [2.75, 3.05) is 29.9 Å². The second-order valence-corrected chi connectivity index (χ2v) is 5.03. The number of rotatable bonds is 9. The van der Waals surface area contributed by atoms with Crippen LogP contribution in [-0.4, -0.2) is 40.7 Å². The lowest BCUT2D eigenvalue weighted by Crippen LogP contribution is -2.28. The molecule has 1 aromatic rings. The van der Waals surface area contributed by atoms with Gasteiger partial charge in [-0.2, -0.15) is 15.0 Å². The van der Waals surface area contributed by atoms with Gasteiger partial charge in [0.15, 0.2) is 0 Å². The number of ether oxygens (including phenoxy) is 1. The summed E-state index contributed by atoms with van der Waals surface area (Å²) in [6, 6.07) is 1.01. The highest BCUT2D eigenvalue weighted by atomic mass is 16.5. The zero-order valence-corrected chi connectivity index (χ0v) is 12.7. The molecule has 1 saturated carbocycles. The minimum absolute atomic E-state index is 0.426. The van der Waals surface area contributed by atoms with Crippen LogP contribution in [0.15, 0.2) is 0 Å². The van der Waals surface area contributed by atoms with E-state index < -0.39 is 0 Å². The lowest BCUT2D eigenvalue weighted by molar-refractivity contribution is 0.291. The molecule has 0 spiro atoms. The molecule has 1 aromatic heterocycles. The molecule has 0 aliphatic heterocycles. The van der Waals surface area contributed by atoms with Gasteiger partial charge < -0.3 is 15.0 Å². The molecule has 0 saturated heterocycles. The van der Waals surface area contributed by atoms with Crippen molar-refractivity contribution in [2.24, 2.45) is 0 Å². The number of aromatic nitrogens is 3. The molecular formula is C14H25N5O. The van der Waals surface area contributed by atoms with Crippen LogP contribution in [0, 0.1) is 0 Å². The van der Waals surface area contributed by atoms with Gasteiger partial charge in [-0.05, 0) is 32.6 Å². The van der Waals surface area contributed by atoms with Gasteiger partial charge in [0.05, 0.1) is 6.61 Å². The average Bonchev–Trinajstić information content (AvgIpc) is 3.28. The normalized spacial score (nSPS) is 14.2. The predicted molar refractivity (Wildman–Crippen MR) is 80.4 cm³/mol. The van der Waals surface area contributed by atoms with Crippen LogP contribution in [0.3, 0.4) is 0 Å². The smallest absolute Gasteiger partial charge is 0.323 e. The first-order chi connectivity index (χ1) is 9.78. The van der Waals surface area contributed by atoms with Gasteiger partial charge in [-0.1, -0.05) is 13.8 Å². The summed E-state index contributed by atoms with van der Waals surface area (Å²) in [5.41, 5.74) is 0. The maximum Gasteiger partial charge on any atom is 0.323 e. The van der Waals surface area contributed by atoms with E-state index in [0.29, 0.717) is 24.6 Å².